The molecule has 0 fully saturated rings. The molecule has 0 aliphatic rings. The zero-order valence-electron chi connectivity index (χ0n) is 13.7. The third-order valence-electron chi connectivity index (χ3n) is 3.52. The van der Waals surface area contributed by atoms with E-state index in [1.165, 1.54) is 6.07 Å². The fourth-order valence-electron chi connectivity index (χ4n) is 2.19. The van der Waals surface area contributed by atoms with Gasteiger partial charge in [-0.1, -0.05) is 16.8 Å². The van der Waals surface area contributed by atoms with Gasteiger partial charge >= 0.3 is 5.97 Å². The average molecular weight is 340 g/mol. The van der Waals surface area contributed by atoms with Crippen molar-refractivity contribution >= 4 is 5.97 Å². The molecule has 128 valence electrons. The zero-order valence-corrected chi connectivity index (χ0v) is 13.7. The van der Waals surface area contributed by atoms with Gasteiger partial charge in [0.15, 0.2) is 6.61 Å². The maximum atomic E-state index is 12.1. The third kappa shape index (κ3) is 3.77. The Hall–Kier alpha value is -3.35. The number of nitrogens with zero attached hydrogens (tertiary/aromatic N) is 2. The summed E-state index contributed by atoms with van der Waals surface area (Å²) < 4.78 is 15.3. The minimum absolute atomic E-state index is 0.0925. The van der Waals surface area contributed by atoms with E-state index in [1.807, 2.05) is 6.92 Å². The Morgan fingerprint density at radius 3 is 2.68 bits per heavy atom. The van der Waals surface area contributed by atoms with Gasteiger partial charge in [-0.2, -0.15) is 4.98 Å². The molecule has 0 saturated carbocycles. The predicted molar refractivity (Wildman–Crippen MR) is 88.2 cm³/mol. The van der Waals surface area contributed by atoms with Gasteiger partial charge in [-0.25, -0.2) is 4.79 Å². The van der Waals surface area contributed by atoms with Crippen LogP contribution in [0.2, 0.25) is 0 Å². The Morgan fingerprint density at radius 1 is 1.20 bits per heavy atom. The number of rotatable bonds is 5. The molecule has 1 aromatic heterocycles. The highest BCUT2D eigenvalue weighted by atomic mass is 16.6. The molecule has 0 aliphatic heterocycles. The number of aromatic hydroxyl groups is 1. The van der Waals surface area contributed by atoms with Gasteiger partial charge in [0.1, 0.15) is 17.1 Å². The van der Waals surface area contributed by atoms with Crippen LogP contribution in [0, 0.1) is 6.92 Å². The zero-order chi connectivity index (χ0) is 17.8. The van der Waals surface area contributed by atoms with Crippen molar-refractivity contribution in [3.05, 3.63) is 59.5 Å². The molecule has 1 N–H and O–H groups in total. The molecule has 0 amide bonds. The van der Waals surface area contributed by atoms with Gasteiger partial charge < -0.3 is 19.1 Å². The second-order valence-electron chi connectivity index (χ2n) is 5.34. The lowest BCUT2D eigenvalue weighted by atomic mass is 10.1. The summed E-state index contributed by atoms with van der Waals surface area (Å²) in [5.74, 6) is 0.461. The van der Waals surface area contributed by atoms with Crippen LogP contribution in [0.4, 0.5) is 0 Å². The molecule has 0 spiro atoms. The topological polar surface area (TPSA) is 94.7 Å². The minimum atomic E-state index is -0.662. The van der Waals surface area contributed by atoms with Gasteiger partial charge in [0.2, 0.25) is 5.82 Å². The number of aromatic nitrogens is 2. The van der Waals surface area contributed by atoms with Crippen molar-refractivity contribution in [1.29, 1.82) is 0 Å². The normalized spacial score (nSPS) is 10.5. The van der Waals surface area contributed by atoms with Crippen LogP contribution in [0.5, 0.6) is 11.5 Å². The van der Waals surface area contributed by atoms with Gasteiger partial charge in [-0.05, 0) is 43.3 Å². The summed E-state index contributed by atoms with van der Waals surface area (Å²) in [4.78, 5) is 16.2. The summed E-state index contributed by atoms with van der Waals surface area (Å²) >= 11 is 0. The Bertz CT molecular complexity index is 887. The van der Waals surface area contributed by atoms with Crippen LogP contribution in [0.25, 0.3) is 11.4 Å². The Kier molecular flexibility index (Phi) is 4.65. The number of hydrogen-bond donors (Lipinski definition) is 1. The van der Waals surface area contributed by atoms with Crippen LogP contribution in [-0.2, 0) is 11.3 Å². The average Bonchev–Trinajstić information content (AvgIpc) is 3.11. The molecule has 0 aliphatic carbocycles. The van der Waals surface area contributed by atoms with Gasteiger partial charge in [-0.15, -0.1) is 0 Å². The van der Waals surface area contributed by atoms with Crippen LogP contribution in [0.3, 0.4) is 0 Å². The third-order valence-corrected chi connectivity index (χ3v) is 3.52. The maximum absolute atomic E-state index is 12.1. The van der Waals surface area contributed by atoms with Gasteiger partial charge in [0.25, 0.3) is 5.89 Å². The van der Waals surface area contributed by atoms with E-state index >= 15 is 0 Å². The smallest absolute Gasteiger partial charge is 0.342 e. The summed E-state index contributed by atoms with van der Waals surface area (Å²) in [6.45, 7) is 1.63. The van der Waals surface area contributed by atoms with E-state index in [0.717, 1.165) is 16.9 Å². The first-order valence-electron chi connectivity index (χ1n) is 7.50. The lowest BCUT2D eigenvalue weighted by Crippen LogP contribution is -2.06. The number of ether oxygens (including phenoxy) is 2. The fourth-order valence-corrected chi connectivity index (χ4v) is 2.19. The lowest BCUT2D eigenvalue weighted by molar-refractivity contribution is 0.0426. The molecule has 0 saturated heterocycles. The number of carbonyl (C=O) groups excluding carboxylic acids is 1. The number of aryl methyl sites for hydroxylation is 1. The highest BCUT2D eigenvalue weighted by Gasteiger charge is 2.15. The van der Waals surface area contributed by atoms with Crippen molar-refractivity contribution in [1.82, 2.24) is 10.1 Å². The highest BCUT2D eigenvalue weighted by molar-refractivity contribution is 5.92. The van der Waals surface area contributed by atoms with E-state index in [1.54, 1.807) is 43.5 Å². The second kappa shape index (κ2) is 7.04. The van der Waals surface area contributed by atoms with Crippen molar-refractivity contribution in [2.45, 2.75) is 13.5 Å². The Balaban J connectivity index is 1.67. The molecule has 3 rings (SSSR count). The Morgan fingerprint density at radius 2 is 1.96 bits per heavy atom. The first kappa shape index (κ1) is 16.5. The van der Waals surface area contributed by atoms with Gasteiger partial charge in [0.05, 0.1) is 7.11 Å². The SMILES string of the molecule is COc1ccc(-c2noc(COC(=O)c3cc(C)ccc3O)n2)cc1. The molecule has 0 radical (unpaired) electrons. The Labute approximate surface area is 143 Å². The number of esters is 1. The minimum Gasteiger partial charge on any atom is -0.507 e. The largest absolute Gasteiger partial charge is 0.507 e. The molecular weight excluding hydrogens is 324 g/mol. The van der Waals surface area contributed by atoms with Gasteiger partial charge in [0, 0.05) is 5.56 Å². The summed E-state index contributed by atoms with van der Waals surface area (Å²) in [6.07, 6.45) is 0. The molecule has 0 unspecified atom stereocenters. The summed E-state index contributed by atoms with van der Waals surface area (Å²) in [5.41, 5.74) is 1.68. The predicted octanol–water partition coefficient (Wildman–Crippen LogP) is 3.12. The van der Waals surface area contributed by atoms with Crippen LogP contribution < -0.4 is 4.74 Å². The first-order chi connectivity index (χ1) is 12.1. The van der Waals surface area contributed by atoms with E-state index in [0.29, 0.717) is 5.82 Å². The molecule has 3 aromatic rings. The monoisotopic (exact) mass is 340 g/mol. The second-order valence-corrected chi connectivity index (χ2v) is 5.34. The molecule has 0 bridgehead atoms. The molecule has 7 heteroatoms. The summed E-state index contributed by atoms with van der Waals surface area (Å²) in [5, 5.41) is 13.6. The van der Waals surface area contributed by atoms with E-state index in [-0.39, 0.29) is 23.8 Å². The van der Waals surface area contributed by atoms with Crippen LogP contribution in [0.1, 0.15) is 21.8 Å². The number of carbonyl (C=O) groups is 1. The quantitative estimate of drug-likeness (QED) is 0.713. The number of hydrogen-bond acceptors (Lipinski definition) is 7. The van der Waals surface area contributed by atoms with Crippen LogP contribution in [-0.4, -0.2) is 28.3 Å². The van der Waals surface area contributed by atoms with E-state index < -0.39 is 5.97 Å². The first-order valence-corrected chi connectivity index (χ1v) is 7.50. The van der Waals surface area contributed by atoms with E-state index in [9.17, 15) is 9.90 Å². The van der Waals surface area contributed by atoms with Crippen molar-refractivity contribution in [3.8, 4) is 22.9 Å². The standard InChI is InChI=1S/C18H16N2O5/c1-11-3-8-15(21)14(9-11)18(22)24-10-16-19-17(20-25-16)12-4-6-13(23-2)7-5-12/h3-9,21H,10H2,1-2H3. The molecule has 1 heterocycles. The number of methoxy groups -OCH3 is 1. The molecule has 2 aromatic carbocycles. The molecule has 7 nitrogen and oxygen atoms in total. The van der Waals surface area contributed by atoms with Crippen molar-refractivity contribution < 1.29 is 23.9 Å². The molecule has 0 atom stereocenters. The number of phenolic OH excluding ortho intramolecular Hbond substituents is 1. The number of benzene rings is 2. The molecular formula is C18H16N2O5. The summed E-state index contributed by atoms with van der Waals surface area (Å²) in [6, 6.07) is 11.9. The summed E-state index contributed by atoms with van der Waals surface area (Å²) in [7, 11) is 1.59. The van der Waals surface area contributed by atoms with E-state index in [4.69, 9.17) is 14.0 Å². The van der Waals surface area contributed by atoms with Crippen molar-refractivity contribution in [2.75, 3.05) is 7.11 Å². The van der Waals surface area contributed by atoms with Crippen molar-refractivity contribution in [2.24, 2.45) is 0 Å². The van der Waals surface area contributed by atoms with Crippen molar-refractivity contribution in [3.63, 3.8) is 0 Å². The maximum Gasteiger partial charge on any atom is 0.342 e. The van der Waals surface area contributed by atoms with Crippen LogP contribution in [0.15, 0.2) is 47.0 Å². The lowest BCUT2D eigenvalue weighted by Gasteiger charge is -2.05. The van der Waals surface area contributed by atoms with Crippen LogP contribution >= 0.6 is 0 Å². The number of phenols is 1. The molecule has 25 heavy (non-hydrogen) atoms. The van der Waals surface area contributed by atoms with Gasteiger partial charge in [-0.3, -0.25) is 0 Å². The van der Waals surface area contributed by atoms with E-state index in [2.05, 4.69) is 10.1 Å². The highest BCUT2D eigenvalue weighted by Crippen LogP contribution is 2.21. The fraction of sp³-hybridized carbons (Fsp3) is 0.167.